The predicted molar refractivity (Wildman–Crippen MR) is 96.1 cm³/mol. The summed E-state index contributed by atoms with van der Waals surface area (Å²) in [4.78, 5) is 15.1. The van der Waals surface area contributed by atoms with Crippen LogP contribution in [0.15, 0.2) is 30.5 Å². The summed E-state index contributed by atoms with van der Waals surface area (Å²) in [6.45, 7) is 2.74. The number of fused-ring (bicyclic) bond motifs is 1. The van der Waals surface area contributed by atoms with Gasteiger partial charge in [0.15, 0.2) is 0 Å². The first-order chi connectivity index (χ1) is 11.7. The molecule has 0 unspecified atom stereocenters. The summed E-state index contributed by atoms with van der Waals surface area (Å²) in [7, 11) is -3.22. The zero-order chi connectivity index (χ0) is 18.2. The molecule has 25 heavy (non-hydrogen) atoms. The Bertz CT molecular complexity index is 921. The maximum Gasteiger partial charge on any atom is 0.311 e. The highest BCUT2D eigenvalue weighted by Crippen LogP contribution is 2.36. The molecule has 2 aromatic rings. The number of rotatable bonds is 4. The van der Waals surface area contributed by atoms with Crippen molar-refractivity contribution in [2.75, 3.05) is 24.7 Å². The molecule has 1 aliphatic rings. The summed E-state index contributed by atoms with van der Waals surface area (Å²) in [5.41, 5.74) is 0.597. The molecule has 0 spiro atoms. The maximum atomic E-state index is 11.7. The minimum atomic E-state index is -3.22. The lowest BCUT2D eigenvalue weighted by atomic mass is 9.90. The Morgan fingerprint density at radius 1 is 1.28 bits per heavy atom. The predicted octanol–water partition coefficient (Wildman–Crippen LogP) is 2.37. The van der Waals surface area contributed by atoms with Crippen molar-refractivity contribution in [3.8, 4) is 0 Å². The molecule has 134 valence electrons. The summed E-state index contributed by atoms with van der Waals surface area (Å²) in [6, 6.07) is 7.25. The average molecular weight is 364 g/mol. The van der Waals surface area contributed by atoms with Crippen molar-refractivity contribution in [1.29, 1.82) is 0 Å². The molecule has 0 amide bonds. The molecule has 3 rings (SSSR count). The quantitative estimate of drug-likeness (QED) is 0.659. The largest absolute Gasteiger partial charge is 0.374 e. The molecule has 9 heteroatoms. The Labute approximate surface area is 146 Å². The van der Waals surface area contributed by atoms with E-state index in [1.807, 2.05) is 19.1 Å². The van der Waals surface area contributed by atoms with E-state index < -0.39 is 20.5 Å². The van der Waals surface area contributed by atoms with Gasteiger partial charge in [0.1, 0.15) is 11.9 Å². The van der Waals surface area contributed by atoms with E-state index >= 15 is 0 Å². The highest BCUT2D eigenvalue weighted by atomic mass is 32.2. The van der Waals surface area contributed by atoms with Gasteiger partial charge >= 0.3 is 5.69 Å². The lowest BCUT2D eigenvalue weighted by Crippen LogP contribution is -2.48. The van der Waals surface area contributed by atoms with Crippen molar-refractivity contribution >= 4 is 32.3 Å². The van der Waals surface area contributed by atoms with Crippen LogP contribution in [0.25, 0.3) is 10.9 Å². The van der Waals surface area contributed by atoms with Crippen LogP contribution in [0.4, 0.5) is 11.4 Å². The molecule has 0 atom stereocenters. The van der Waals surface area contributed by atoms with E-state index in [1.165, 1.54) is 16.8 Å². The van der Waals surface area contributed by atoms with Gasteiger partial charge in [-0.3, -0.25) is 10.1 Å². The number of anilines is 1. The third-order valence-electron chi connectivity index (χ3n) is 4.67. The van der Waals surface area contributed by atoms with Gasteiger partial charge in [0.05, 0.1) is 16.7 Å². The van der Waals surface area contributed by atoms with Crippen LogP contribution < -0.4 is 5.32 Å². The van der Waals surface area contributed by atoms with Gasteiger partial charge in [-0.05, 0) is 25.8 Å². The first-order valence-electron chi connectivity index (χ1n) is 7.95. The van der Waals surface area contributed by atoms with Gasteiger partial charge in [-0.1, -0.05) is 18.2 Å². The van der Waals surface area contributed by atoms with Crippen molar-refractivity contribution in [3.63, 3.8) is 0 Å². The topological polar surface area (TPSA) is 105 Å². The van der Waals surface area contributed by atoms with Crippen molar-refractivity contribution in [2.45, 2.75) is 25.3 Å². The summed E-state index contributed by atoms with van der Waals surface area (Å²) >= 11 is 0. The van der Waals surface area contributed by atoms with Crippen LogP contribution in [0.5, 0.6) is 0 Å². The van der Waals surface area contributed by atoms with Crippen molar-refractivity contribution < 1.29 is 13.3 Å². The number of benzene rings is 1. The van der Waals surface area contributed by atoms with Gasteiger partial charge in [-0.2, -0.15) is 0 Å². The van der Waals surface area contributed by atoms with Crippen molar-refractivity contribution in [3.05, 3.63) is 40.6 Å². The zero-order valence-electron chi connectivity index (χ0n) is 14.1. The lowest BCUT2D eigenvalue weighted by molar-refractivity contribution is -0.384. The standard InChI is InChI=1S/C16H20N4O4S/c1-16(7-9-19(10-8-16)25(2,23)24)18-15-12-5-3-4-6-13(12)17-11-14(15)20(21)22/h3-6,11H,7-10H2,1-2H3,(H,17,18). The molecular weight excluding hydrogens is 344 g/mol. The van der Waals surface area contributed by atoms with Crippen LogP contribution in [0.3, 0.4) is 0 Å². The normalized spacial score (nSPS) is 18.2. The maximum absolute atomic E-state index is 11.7. The smallest absolute Gasteiger partial charge is 0.311 e. The number of pyridine rings is 1. The van der Waals surface area contributed by atoms with E-state index in [9.17, 15) is 18.5 Å². The first kappa shape index (κ1) is 17.6. The van der Waals surface area contributed by atoms with E-state index in [-0.39, 0.29) is 5.69 Å². The van der Waals surface area contributed by atoms with E-state index in [0.717, 1.165) is 0 Å². The molecule has 1 aromatic heterocycles. The van der Waals surface area contributed by atoms with Crippen LogP contribution >= 0.6 is 0 Å². The second-order valence-electron chi connectivity index (χ2n) is 6.64. The monoisotopic (exact) mass is 364 g/mol. The zero-order valence-corrected chi connectivity index (χ0v) is 14.9. The van der Waals surface area contributed by atoms with Gasteiger partial charge in [-0.25, -0.2) is 17.7 Å². The van der Waals surface area contributed by atoms with Gasteiger partial charge in [-0.15, -0.1) is 0 Å². The molecule has 2 heterocycles. The Kier molecular flexibility index (Phi) is 4.38. The molecule has 1 N–H and O–H groups in total. The van der Waals surface area contributed by atoms with Gasteiger partial charge in [0.2, 0.25) is 10.0 Å². The number of nitrogens with zero attached hydrogens (tertiary/aromatic N) is 3. The van der Waals surface area contributed by atoms with E-state index in [0.29, 0.717) is 42.5 Å². The SMILES string of the molecule is CC1(Nc2c([N+](=O)[O-])cnc3ccccc23)CCN(S(C)(=O)=O)CC1. The molecule has 1 aliphatic heterocycles. The van der Waals surface area contributed by atoms with Gasteiger partial charge < -0.3 is 5.32 Å². The average Bonchev–Trinajstić information content (AvgIpc) is 2.54. The van der Waals surface area contributed by atoms with Crippen LogP contribution in [0.2, 0.25) is 0 Å². The minimum absolute atomic E-state index is 0.0783. The molecule has 1 saturated heterocycles. The number of hydrogen-bond donors (Lipinski definition) is 1. The third kappa shape index (κ3) is 3.57. The molecule has 0 radical (unpaired) electrons. The Morgan fingerprint density at radius 2 is 1.92 bits per heavy atom. The highest BCUT2D eigenvalue weighted by Gasteiger charge is 2.35. The second kappa shape index (κ2) is 6.23. The fraction of sp³-hybridized carbons (Fsp3) is 0.438. The third-order valence-corrected chi connectivity index (χ3v) is 5.98. The summed E-state index contributed by atoms with van der Waals surface area (Å²) < 4.78 is 24.8. The summed E-state index contributed by atoms with van der Waals surface area (Å²) in [5, 5.41) is 15.4. The number of aromatic nitrogens is 1. The van der Waals surface area contributed by atoms with Crippen LogP contribution in [0.1, 0.15) is 19.8 Å². The van der Waals surface area contributed by atoms with E-state index in [1.54, 1.807) is 12.1 Å². The van der Waals surface area contributed by atoms with Crippen molar-refractivity contribution in [2.24, 2.45) is 0 Å². The summed E-state index contributed by atoms with van der Waals surface area (Å²) in [6.07, 6.45) is 3.59. The molecule has 1 aromatic carbocycles. The lowest BCUT2D eigenvalue weighted by Gasteiger charge is -2.39. The van der Waals surface area contributed by atoms with Crippen LogP contribution in [-0.2, 0) is 10.0 Å². The Balaban J connectivity index is 1.95. The molecule has 0 saturated carbocycles. The Hall–Kier alpha value is -2.26. The number of para-hydroxylation sites is 1. The minimum Gasteiger partial charge on any atom is -0.374 e. The molecule has 0 aliphatic carbocycles. The number of sulfonamides is 1. The Morgan fingerprint density at radius 3 is 2.52 bits per heavy atom. The molecule has 0 bridgehead atoms. The number of nitro groups is 1. The fourth-order valence-corrected chi connectivity index (χ4v) is 3.98. The highest BCUT2D eigenvalue weighted by molar-refractivity contribution is 7.88. The summed E-state index contributed by atoms with van der Waals surface area (Å²) in [5.74, 6) is 0. The van der Waals surface area contributed by atoms with E-state index in [2.05, 4.69) is 10.3 Å². The number of hydrogen-bond acceptors (Lipinski definition) is 6. The van der Waals surface area contributed by atoms with Crippen molar-refractivity contribution in [1.82, 2.24) is 9.29 Å². The molecule has 8 nitrogen and oxygen atoms in total. The fourth-order valence-electron chi connectivity index (χ4n) is 3.14. The first-order valence-corrected chi connectivity index (χ1v) is 9.80. The number of piperidine rings is 1. The number of nitrogens with one attached hydrogen (secondary N) is 1. The van der Waals surface area contributed by atoms with Gasteiger partial charge in [0.25, 0.3) is 0 Å². The van der Waals surface area contributed by atoms with E-state index in [4.69, 9.17) is 0 Å². The van der Waals surface area contributed by atoms with Crippen LogP contribution in [-0.4, -0.2) is 47.5 Å². The van der Waals surface area contributed by atoms with Crippen LogP contribution in [0, 0.1) is 10.1 Å². The molecular formula is C16H20N4O4S. The van der Waals surface area contributed by atoms with Gasteiger partial charge in [0, 0.05) is 24.0 Å². The second-order valence-corrected chi connectivity index (χ2v) is 8.62. The molecule has 1 fully saturated rings.